The van der Waals surface area contributed by atoms with Crippen LogP contribution in [0, 0.1) is 0 Å². The van der Waals surface area contributed by atoms with Gasteiger partial charge in [0.2, 0.25) is 12.4 Å². The smallest absolute Gasteiger partial charge is 0.328 e. The van der Waals surface area contributed by atoms with Gasteiger partial charge in [-0.2, -0.15) is 0 Å². The highest BCUT2D eigenvalue weighted by atomic mass is 16.7. The number of esters is 5. The van der Waals surface area contributed by atoms with Crippen LogP contribution in [-0.4, -0.2) is 86.9 Å². The minimum atomic E-state index is -1.39. The Morgan fingerprint density at radius 2 is 1.52 bits per heavy atom. The topological polar surface area (TPSA) is 171 Å². The van der Waals surface area contributed by atoms with Crippen LogP contribution in [0.4, 0.5) is 5.69 Å². The highest BCUT2D eigenvalue weighted by Gasteiger charge is 2.53. The molecule has 1 saturated heterocycles. The summed E-state index contributed by atoms with van der Waals surface area (Å²) >= 11 is 0. The fourth-order valence-electron chi connectivity index (χ4n) is 5.08. The molecule has 14 nitrogen and oxygen atoms in total. The maximum absolute atomic E-state index is 12.7. The lowest BCUT2D eigenvalue weighted by Crippen LogP contribution is -2.62. The Balaban J connectivity index is 1.99. The minimum absolute atomic E-state index is 0.220. The third-order valence-electron chi connectivity index (χ3n) is 6.89. The second kappa shape index (κ2) is 15.4. The van der Waals surface area contributed by atoms with Gasteiger partial charge in [0, 0.05) is 39.3 Å². The molecule has 242 valence electrons. The van der Waals surface area contributed by atoms with Crippen LogP contribution in [0.1, 0.15) is 59.4 Å². The lowest BCUT2D eigenvalue weighted by Gasteiger charge is -2.43. The Hall–Kier alpha value is -4.33. The molecule has 0 aliphatic carbocycles. The Bertz CT molecular complexity index is 1260. The van der Waals surface area contributed by atoms with Crippen LogP contribution in [0.15, 0.2) is 30.0 Å². The van der Waals surface area contributed by atoms with Gasteiger partial charge in [-0.15, -0.1) is 0 Å². The largest absolute Gasteiger partial charge is 0.497 e. The average Bonchev–Trinajstić information content (AvgIpc) is 2.95. The molecule has 0 saturated carbocycles. The van der Waals surface area contributed by atoms with Crippen molar-refractivity contribution < 1.29 is 61.9 Å². The molecule has 0 aromatic heterocycles. The van der Waals surface area contributed by atoms with Gasteiger partial charge in [-0.3, -0.25) is 19.2 Å². The summed E-state index contributed by atoms with van der Waals surface area (Å²) in [4.78, 5) is 60.5. The lowest BCUT2D eigenvalue weighted by atomic mass is 9.82. The molecule has 0 amide bonds. The highest BCUT2D eigenvalue weighted by Crippen LogP contribution is 2.41. The molecule has 0 unspecified atom stereocenters. The molecule has 1 fully saturated rings. The SMILES string of the molecule is CCOC(=O)[C@H]1C[C@@H](/C(C)=C/O[C@@H]2O[C@H](COC(C)=O)[C@@H](OC(C)=O)[C@H](OC(C)=O)[C@H]2OC(C)=O)c2cc(OC)ccc2N1. The van der Waals surface area contributed by atoms with Crippen molar-refractivity contribution in [3.05, 3.63) is 35.6 Å². The molecule has 1 N–H and O–H groups in total. The number of rotatable bonds is 11. The van der Waals surface area contributed by atoms with E-state index in [9.17, 15) is 24.0 Å². The number of methoxy groups -OCH3 is 1. The average molecular weight is 622 g/mol. The third-order valence-corrected chi connectivity index (χ3v) is 6.89. The predicted molar refractivity (Wildman–Crippen MR) is 151 cm³/mol. The van der Waals surface area contributed by atoms with E-state index in [4.69, 9.17) is 37.9 Å². The van der Waals surface area contributed by atoms with Crippen LogP contribution in [0.2, 0.25) is 0 Å². The first-order valence-corrected chi connectivity index (χ1v) is 14.1. The van der Waals surface area contributed by atoms with Crippen LogP contribution < -0.4 is 10.1 Å². The van der Waals surface area contributed by atoms with Gasteiger partial charge in [0.05, 0.1) is 20.0 Å². The number of benzene rings is 1. The first-order chi connectivity index (χ1) is 20.8. The third kappa shape index (κ3) is 8.85. The van der Waals surface area contributed by atoms with Gasteiger partial charge < -0.3 is 43.2 Å². The summed E-state index contributed by atoms with van der Waals surface area (Å²) in [7, 11) is 1.55. The van der Waals surface area contributed by atoms with Crippen molar-refractivity contribution in [1.29, 1.82) is 0 Å². The van der Waals surface area contributed by atoms with E-state index in [1.54, 1.807) is 33.1 Å². The van der Waals surface area contributed by atoms with Crippen molar-refractivity contribution in [1.82, 2.24) is 0 Å². The normalized spacial score (nSPS) is 26.2. The van der Waals surface area contributed by atoms with Gasteiger partial charge in [0.1, 0.15) is 24.5 Å². The fraction of sp³-hybridized carbons (Fsp3) is 0.567. The lowest BCUT2D eigenvalue weighted by molar-refractivity contribution is -0.297. The number of carbonyl (C=O) groups is 5. The van der Waals surface area contributed by atoms with Crippen molar-refractivity contribution in [2.45, 2.75) is 90.6 Å². The van der Waals surface area contributed by atoms with Crippen molar-refractivity contribution in [2.24, 2.45) is 0 Å². The standard InChI is InChI=1S/C30H39NO13/c1-8-38-29(36)24-12-21(22-11-20(37-7)9-10-23(22)31-24)15(2)13-40-30-28(43-19(6)35)27(42-18(5)34)26(41-17(4)33)25(44-30)14-39-16(3)32/h9-11,13,21,24-28,30-31H,8,12,14H2,1-7H3/b15-13+/t21-,24+,25+,26+,27-,28+,30+/m0/s1. The fourth-order valence-corrected chi connectivity index (χ4v) is 5.08. The predicted octanol–water partition coefficient (Wildman–Crippen LogP) is 2.53. The van der Waals surface area contributed by atoms with E-state index in [1.807, 2.05) is 6.07 Å². The summed E-state index contributed by atoms with van der Waals surface area (Å²) < 4.78 is 44.1. The van der Waals surface area contributed by atoms with E-state index in [2.05, 4.69) is 5.32 Å². The van der Waals surface area contributed by atoms with Gasteiger partial charge in [0.15, 0.2) is 12.2 Å². The molecule has 14 heteroatoms. The zero-order chi connectivity index (χ0) is 32.6. The van der Waals surface area contributed by atoms with E-state index in [0.717, 1.165) is 26.3 Å². The molecule has 0 bridgehead atoms. The molecule has 2 heterocycles. The molecule has 7 atom stereocenters. The molecule has 0 spiro atoms. The minimum Gasteiger partial charge on any atom is -0.497 e. The van der Waals surface area contributed by atoms with Gasteiger partial charge in [-0.25, -0.2) is 4.79 Å². The zero-order valence-corrected chi connectivity index (χ0v) is 25.8. The number of nitrogens with one attached hydrogen (secondary N) is 1. The van der Waals surface area contributed by atoms with Gasteiger partial charge >= 0.3 is 29.8 Å². The first-order valence-electron chi connectivity index (χ1n) is 14.1. The van der Waals surface area contributed by atoms with Crippen molar-refractivity contribution in [2.75, 3.05) is 25.6 Å². The number of carbonyl (C=O) groups excluding carboxylic acids is 5. The number of hydrogen-bond acceptors (Lipinski definition) is 14. The monoisotopic (exact) mass is 621 g/mol. The van der Waals surface area contributed by atoms with Gasteiger partial charge in [0.25, 0.3) is 0 Å². The molecule has 2 aliphatic heterocycles. The Morgan fingerprint density at radius 1 is 0.886 bits per heavy atom. The molecule has 1 aromatic carbocycles. The first kappa shape index (κ1) is 34.2. The maximum atomic E-state index is 12.7. The number of ether oxygens (including phenoxy) is 8. The van der Waals surface area contributed by atoms with E-state index < -0.39 is 66.6 Å². The molecular weight excluding hydrogens is 582 g/mol. The number of hydrogen-bond donors (Lipinski definition) is 1. The maximum Gasteiger partial charge on any atom is 0.328 e. The Labute approximate surface area is 255 Å². The molecule has 0 radical (unpaired) electrons. The summed E-state index contributed by atoms with van der Waals surface area (Å²) in [5, 5.41) is 3.21. The van der Waals surface area contributed by atoms with Crippen LogP contribution in [0.5, 0.6) is 5.75 Å². The summed E-state index contributed by atoms with van der Waals surface area (Å²) in [5.41, 5.74) is 2.20. The number of allylic oxidation sites excluding steroid dienone is 1. The number of anilines is 1. The summed E-state index contributed by atoms with van der Waals surface area (Å²) in [6.07, 6.45) is -4.89. The van der Waals surface area contributed by atoms with Crippen molar-refractivity contribution >= 4 is 35.5 Å². The summed E-state index contributed by atoms with van der Waals surface area (Å²) in [5.74, 6) is -3.02. The Morgan fingerprint density at radius 3 is 2.11 bits per heavy atom. The molecule has 44 heavy (non-hydrogen) atoms. The van der Waals surface area contributed by atoms with Crippen LogP contribution in [0.25, 0.3) is 0 Å². The van der Waals surface area contributed by atoms with E-state index in [-0.39, 0.29) is 19.1 Å². The van der Waals surface area contributed by atoms with Crippen molar-refractivity contribution in [3.8, 4) is 5.75 Å². The zero-order valence-electron chi connectivity index (χ0n) is 25.8. The second-order valence-corrected chi connectivity index (χ2v) is 10.3. The van der Waals surface area contributed by atoms with E-state index in [0.29, 0.717) is 23.4 Å². The summed E-state index contributed by atoms with van der Waals surface area (Å²) in [6.45, 7) is 7.94. The second-order valence-electron chi connectivity index (χ2n) is 10.3. The molecule has 2 aliphatic rings. The molecule has 1 aromatic rings. The van der Waals surface area contributed by atoms with Crippen LogP contribution in [-0.2, 0) is 57.1 Å². The molecule has 3 rings (SSSR count). The summed E-state index contributed by atoms with van der Waals surface area (Å²) in [6, 6.07) is 4.78. The van der Waals surface area contributed by atoms with Gasteiger partial charge in [-0.05, 0) is 49.6 Å². The van der Waals surface area contributed by atoms with Gasteiger partial charge in [-0.1, -0.05) is 0 Å². The van der Waals surface area contributed by atoms with Crippen LogP contribution >= 0.6 is 0 Å². The number of fused-ring (bicyclic) bond motifs is 1. The highest BCUT2D eigenvalue weighted by molar-refractivity contribution is 5.81. The molecular formula is C30H39NO13. The van der Waals surface area contributed by atoms with Crippen LogP contribution in [0.3, 0.4) is 0 Å². The van der Waals surface area contributed by atoms with E-state index >= 15 is 0 Å². The quantitative estimate of drug-likeness (QED) is 0.217. The Kier molecular flexibility index (Phi) is 12.0. The van der Waals surface area contributed by atoms with E-state index in [1.165, 1.54) is 13.2 Å². The van der Waals surface area contributed by atoms with Crippen molar-refractivity contribution in [3.63, 3.8) is 0 Å².